The molecule has 0 radical (unpaired) electrons. The Morgan fingerprint density at radius 2 is 2.00 bits per heavy atom. The van der Waals surface area contributed by atoms with E-state index in [9.17, 15) is 13.2 Å². The summed E-state index contributed by atoms with van der Waals surface area (Å²) in [5.41, 5.74) is 3.18. The highest BCUT2D eigenvalue weighted by Gasteiger charge is 2.41. The highest BCUT2D eigenvalue weighted by molar-refractivity contribution is 7.89. The summed E-state index contributed by atoms with van der Waals surface area (Å²) in [4.78, 5) is 17.4. The maximum Gasteiger partial charge on any atom is 0.246 e. The van der Waals surface area contributed by atoms with Crippen LogP contribution in [0, 0.1) is 12.3 Å². The second-order valence-electron chi connectivity index (χ2n) is 7.71. The van der Waals surface area contributed by atoms with Gasteiger partial charge in [-0.05, 0) is 38.0 Å². The van der Waals surface area contributed by atoms with Crippen molar-refractivity contribution in [1.82, 2.24) is 19.1 Å². The quantitative estimate of drug-likeness (QED) is 0.682. The van der Waals surface area contributed by atoms with E-state index in [1.165, 1.54) is 15.2 Å². The lowest BCUT2D eigenvalue weighted by Gasteiger charge is -2.37. The highest BCUT2D eigenvalue weighted by atomic mass is 32.2. The van der Waals surface area contributed by atoms with Crippen LogP contribution < -0.4 is 5.32 Å². The number of carbonyl (C=O) groups is 1. The van der Waals surface area contributed by atoms with Gasteiger partial charge in [0.05, 0.1) is 21.4 Å². The normalized spacial score (nSPS) is 17.5. The molecule has 1 aliphatic heterocycles. The van der Waals surface area contributed by atoms with Crippen LogP contribution >= 0.6 is 11.3 Å². The molecular weight excluding hydrogens is 410 g/mol. The fourth-order valence-corrected chi connectivity index (χ4v) is 5.94. The minimum atomic E-state index is -3.61. The minimum absolute atomic E-state index is 0.0957. The number of nitrogens with one attached hydrogen (secondary N) is 1. The average molecular weight is 434 g/mol. The molecule has 1 fully saturated rings. The molecule has 1 amide bonds. The van der Waals surface area contributed by atoms with Crippen LogP contribution in [0.4, 0.5) is 5.69 Å². The van der Waals surface area contributed by atoms with Crippen LogP contribution in [-0.2, 0) is 21.9 Å². The molecule has 8 nitrogen and oxygen atoms in total. The number of fused-ring (bicyclic) bond motifs is 1. The van der Waals surface area contributed by atoms with Crippen LogP contribution in [0.3, 0.4) is 0 Å². The van der Waals surface area contributed by atoms with Crippen molar-refractivity contribution in [3.05, 3.63) is 35.6 Å². The SMILES string of the molecule is Cc1nn(C)cc1S(=O)(=O)N1CCC(C)(C(=O)Nc2ccc3scnc3c2)CC1. The molecule has 4 rings (SSSR count). The number of aromatic nitrogens is 3. The number of amides is 1. The number of hydrogen-bond donors (Lipinski definition) is 1. The van der Waals surface area contributed by atoms with Gasteiger partial charge in [0.15, 0.2) is 0 Å². The van der Waals surface area contributed by atoms with Crippen molar-refractivity contribution in [2.75, 3.05) is 18.4 Å². The molecule has 1 aromatic carbocycles. The first kappa shape index (κ1) is 20.0. The fraction of sp³-hybridized carbons (Fsp3) is 0.421. The van der Waals surface area contributed by atoms with Gasteiger partial charge < -0.3 is 5.32 Å². The van der Waals surface area contributed by atoms with Gasteiger partial charge in [-0.3, -0.25) is 9.48 Å². The zero-order valence-electron chi connectivity index (χ0n) is 16.5. The molecule has 3 aromatic rings. The Balaban J connectivity index is 1.45. The lowest BCUT2D eigenvalue weighted by molar-refractivity contribution is -0.126. The molecule has 1 N–H and O–H groups in total. The van der Waals surface area contributed by atoms with Crippen LogP contribution in [0.15, 0.2) is 34.8 Å². The molecule has 0 bridgehead atoms. The Kier molecular flexibility index (Phi) is 4.96. The zero-order chi connectivity index (χ0) is 20.8. The third-order valence-corrected chi connectivity index (χ3v) is 8.36. The smallest absolute Gasteiger partial charge is 0.246 e. The van der Waals surface area contributed by atoms with Gasteiger partial charge in [-0.25, -0.2) is 13.4 Å². The first-order chi connectivity index (χ1) is 13.7. The van der Waals surface area contributed by atoms with Gasteiger partial charge in [0.25, 0.3) is 0 Å². The first-order valence-electron chi connectivity index (χ1n) is 9.34. The van der Waals surface area contributed by atoms with Crippen LogP contribution in [0.2, 0.25) is 0 Å². The molecule has 3 heterocycles. The van der Waals surface area contributed by atoms with Gasteiger partial charge in [-0.15, -0.1) is 11.3 Å². The summed E-state index contributed by atoms with van der Waals surface area (Å²) in [6.45, 7) is 4.17. The van der Waals surface area contributed by atoms with Crippen molar-refractivity contribution >= 4 is 43.2 Å². The van der Waals surface area contributed by atoms with E-state index < -0.39 is 15.4 Å². The average Bonchev–Trinajstić information content (AvgIpc) is 3.27. The summed E-state index contributed by atoms with van der Waals surface area (Å²) in [6.07, 6.45) is 2.44. The van der Waals surface area contributed by atoms with Crippen molar-refractivity contribution in [3.63, 3.8) is 0 Å². The molecule has 2 aromatic heterocycles. The van der Waals surface area contributed by atoms with Crippen molar-refractivity contribution in [2.24, 2.45) is 12.5 Å². The number of piperidine rings is 1. The van der Waals surface area contributed by atoms with E-state index in [1.807, 2.05) is 25.1 Å². The lowest BCUT2D eigenvalue weighted by Crippen LogP contribution is -2.46. The zero-order valence-corrected chi connectivity index (χ0v) is 18.2. The van der Waals surface area contributed by atoms with Crippen LogP contribution in [-0.4, -0.2) is 46.5 Å². The molecule has 0 saturated carbocycles. The van der Waals surface area contributed by atoms with E-state index in [0.717, 1.165) is 10.2 Å². The summed E-state index contributed by atoms with van der Waals surface area (Å²) in [5, 5.41) is 7.11. The van der Waals surface area contributed by atoms with E-state index >= 15 is 0 Å². The standard InChI is InChI=1S/C19H23N5O3S2/c1-13-17(11-23(3)22-13)29(26,27)24-8-6-19(2,7-9-24)18(25)21-14-4-5-16-15(10-14)20-12-28-16/h4-5,10-12H,6-9H2,1-3H3,(H,21,25). The van der Waals surface area contributed by atoms with Crippen LogP contribution in [0.25, 0.3) is 10.2 Å². The summed E-state index contributed by atoms with van der Waals surface area (Å²) in [5.74, 6) is -0.0957. The van der Waals surface area contributed by atoms with E-state index in [2.05, 4.69) is 15.4 Å². The Bertz CT molecular complexity index is 1170. The van der Waals surface area contributed by atoms with E-state index in [0.29, 0.717) is 37.3 Å². The van der Waals surface area contributed by atoms with E-state index in [1.54, 1.807) is 30.8 Å². The van der Waals surface area contributed by atoms with Crippen molar-refractivity contribution in [1.29, 1.82) is 0 Å². The number of nitrogens with zero attached hydrogens (tertiary/aromatic N) is 4. The molecule has 1 saturated heterocycles. The summed E-state index contributed by atoms with van der Waals surface area (Å²) < 4.78 is 29.9. The Labute approximate surface area is 173 Å². The maximum absolute atomic E-state index is 13.0. The van der Waals surface area contributed by atoms with Crippen LogP contribution in [0.5, 0.6) is 0 Å². The van der Waals surface area contributed by atoms with Gasteiger partial charge in [-0.1, -0.05) is 6.92 Å². The summed E-state index contributed by atoms with van der Waals surface area (Å²) in [6, 6.07) is 5.67. The number of thiazole rings is 1. The molecule has 0 unspecified atom stereocenters. The van der Waals surface area contributed by atoms with Gasteiger partial charge in [0, 0.05) is 37.4 Å². The first-order valence-corrected chi connectivity index (χ1v) is 11.7. The molecule has 1 aliphatic rings. The maximum atomic E-state index is 13.0. The Hall–Kier alpha value is -2.30. The highest BCUT2D eigenvalue weighted by Crippen LogP contribution is 2.35. The molecule has 0 atom stereocenters. The van der Waals surface area contributed by atoms with Crippen molar-refractivity contribution in [2.45, 2.75) is 31.6 Å². The number of carbonyl (C=O) groups excluding carboxylic acids is 1. The molecular formula is C19H23N5O3S2. The third-order valence-electron chi connectivity index (χ3n) is 5.55. The van der Waals surface area contributed by atoms with Gasteiger partial charge >= 0.3 is 0 Å². The fourth-order valence-electron chi connectivity index (χ4n) is 3.63. The topological polar surface area (TPSA) is 97.2 Å². The number of aryl methyl sites for hydroxylation is 2. The predicted octanol–water partition coefficient (Wildman–Crippen LogP) is 2.77. The van der Waals surface area contributed by atoms with E-state index in [-0.39, 0.29) is 10.8 Å². The Morgan fingerprint density at radius 3 is 2.66 bits per heavy atom. The molecule has 10 heteroatoms. The summed E-state index contributed by atoms with van der Waals surface area (Å²) >= 11 is 1.55. The number of rotatable bonds is 4. The number of sulfonamides is 1. The third kappa shape index (κ3) is 3.67. The number of hydrogen-bond acceptors (Lipinski definition) is 6. The largest absolute Gasteiger partial charge is 0.326 e. The summed E-state index contributed by atoms with van der Waals surface area (Å²) in [7, 11) is -1.91. The van der Waals surface area contributed by atoms with Gasteiger partial charge in [0.2, 0.25) is 15.9 Å². The molecule has 154 valence electrons. The molecule has 29 heavy (non-hydrogen) atoms. The Morgan fingerprint density at radius 1 is 1.28 bits per heavy atom. The predicted molar refractivity (Wildman–Crippen MR) is 112 cm³/mol. The molecule has 0 spiro atoms. The monoisotopic (exact) mass is 433 g/mol. The van der Waals surface area contributed by atoms with Crippen molar-refractivity contribution in [3.8, 4) is 0 Å². The second kappa shape index (κ2) is 7.19. The molecule has 0 aliphatic carbocycles. The minimum Gasteiger partial charge on any atom is -0.326 e. The van der Waals surface area contributed by atoms with Crippen LogP contribution in [0.1, 0.15) is 25.5 Å². The second-order valence-corrected chi connectivity index (χ2v) is 10.5. The van der Waals surface area contributed by atoms with Gasteiger partial charge in [-0.2, -0.15) is 9.40 Å². The van der Waals surface area contributed by atoms with E-state index in [4.69, 9.17) is 0 Å². The number of benzene rings is 1. The van der Waals surface area contributed by atoms with Crippen molar-refractivity contribution < 1.29 is 13.2 Å². The lowest BCUT2D eigenvalue weighted by atomic mass is 9.80. The van der Waals surface area contributed by atoms with Gasteiger partial charge in [0.1, 0.15) is 4.90 Å². The number of anilines is 1.